The van der Waals surface area contributed by atoms with Crippen LogP contribution in [-0.2, 0) is 25.7 Å². The van der Waals surface area contributed by atoms with E-state index >= 15 is 0 Å². The quantitative estimate of drug-likeness (QED) is 0.124. The third kappa shape index (κ3) is 7.49. The molecule has 2 aromatic heterocycles. The molecule has 3 aliphatic heterocycles. The number of H-pyrrole nitrogens is 2. The minimum Gasteiger partial charge on any atom is -0.488 e. The summed E-state index contributed by atoms with van der Waals surface area (Å²) in [6.45, 7) is 10.5. The molecule has 0 unspecified atom stereocenters. The molecule has 4 aromatic carbocycles. The molecular formula is C48H53N7O6. The predicted molar refractivity (Wildman–Crippen MR) is 232 cm³/mol. The molecule has 0 spiro atoms. The van der Waals surface area contributed by atoms with Crippen molar-refractivity contribution < 1.29 is 28.6 Å². The maximum Gasteiger partial charge on any atom is 0.407 e. The number of likely N-dealkylation sites (tertiary alicyclic amines) is 2. The molecule has 13 nitrogen and oxygen atoms in total. The summed E-state index contributed by atoms with van der Waals surface area (Å²) >= 11 is 0. The molecule has 13 heteroatoms. The minimum atomic E-state index is -0.896. The van der Waals surface area contributed by atoms with Gasteiger partial charge in [-0.3, -0.25) is 9.59 Å². The summed E-state index contributed by atoms with van der Waals surface area (Å²) in [5, 5.41) is 4.79. The van der Waals surface area contributed by atoms with E-state index in [2.05, 4.69) is 78.5 Å². The lowest BCUT2D eigenvalue weighted by atomic mass is 9.92. The average Bonchev–Trinajstić information content (AvgIpc) is 4.10. The normalized spacial score (nSPS) is 20.7. The smallest absolute Gasteiger partial charge is 0.407 e. The SMILES string of the molecule is COC[C@H]1C[C@@H](c2nc3c(ccc4cc5c(cc43)OCc3cc(-c4cnc([C@@H]6C[C@H](C)CN6C(=O)[C@H](NC(=O)OC)c6ccccc6)[nH]4)ccc3-5)[nH]2)N(C(=O)[C@@H](C)C(C)C)C1. The van der Waals surface area contributed by atoms with Crippen LogP contribution < -0.4 is 10.1 Å². The molecule has 3 amide bonds. The second-order valence-corrected chi connectivity index (χ2v) is 17.4. The van der Waals surface area contributed by atoms with E-state index in [1.165, 1.54) is 7.11 Å². The molecule has 5 heterocycles. The van der Waals surface area contributed by atoms with Crippen molar-refractivity contribution in [1.82, 2.24) is 35.1 Å². The van der Waals surface area contributed by atoms with E-state index in [0.717, 1.165) is 74.2 Å². The number of fused-ring (bicyclic) bond motifs is 6. The number of hydrogen-bond acceptors (Lipinski definition) is 8. The van der Waals surface area contributed by atoms with Crippen molar-refractivity contribution in [3.63, 3.8) is 0 Å². The van der Waals surface area contributed by atoms with Crippen molar-refractivity contribution in [2.75, 3.05) is 33.9 Å². The van der Waals surface area contributed by atoms with Crippen molar-refractivity contribution in [2.45, 2.75) is 65.3 Å². The zero-order valence-electron chi connectivity index (χ0n) is 35.5. The molecule has 2 saturated heterocycles. The van der Waals surface area contributed by atoms with Crippen LogP contribution in [0.4, 0.5) is 4.79 Å². The number of nitrogens with zero attached hydrogens (tertiary/aromatic N) is 4. The Labute approximate surface area is 355 Å². The number of ether oxygens (including phenoxy) is 3. The Bertz CT molecular complexity index is 2620. The van der Waals surface area contributed by atoms with Gasteiger partial charge in [0.2, 0.25) is 5.91 Å². The fourth-order valence-corrected chi connectivity index (χ4v) is 9.44. The van der Waals surface area contributed by atoms with Crippen molar-refractivity contribution >= 4 is 39.7 Å². The molecule has 0 radical (unpaired) electrons. The van der Waals surface area contributed by atoms with Gasteiger partial charge in [-0.2, -0.15) is 0 Å². The van der Waals surface area contributed by atoms with Crippen LogP contribution in [0, 0.1) is 23.7 Å². The predicted octanol–water partition coefficient (Wildman–Crippen LogP) is 8.50. The van der Waals surface area contributed by atoms with Crippen LogP contribution in [0.15, 0.2) is 79.0 Å². The van der Waals surface area contributed by atoms with Gasteiger partial charge in [0.1, 0.15) is 30.0 Å². The first-order chi connectivity index (χ1) is 29.5. The first kappa shape index (κ1) is 40.2. The summed E-state index contributed by atoms with van der Waals surface area (Å²) in [7, 11) is 3.00. The Kier molecular flexibility index (Phi) is 10.8. The summed E-state index contributed by atoms with van der Waals surface area (Å²) in [4.78, 5) is 61.1. The summed E-state index contributed by atoms with van der Waals surface area (Å²) in [5.41, 5.74) is 7.45. The zero-order valence-corrected chi connectivity index (χ0v) is 35.5. The number of carbonyl (C=O) groups is 3. The molecule has 9 rings (SSSR count). The average molecular weight is 824 g/mol. The van der Waals surface area contributed by atoms with Gasteiger partial charge in [-0.05, 0) is 76.6 Å². The van der Waals surface area contributed by atoms with E-state index in [9.17, 15) is 14.4 Å². The van der Waals surface area contributed by atoms with E-state index in [-0.39, 0.29) is 47.6 Å². The van der Waals surface area contributed by atoms with Gasteiger partial charge < -0.3 is 39.3 Å². The number of benzene rings is 4. The first-order valence-electron chi connectivity index (χ1n) is 21.3. The summed E-state index contributed by atoms with van der Waals surface area (Å²) in [6, 6.07) is 22.7. The molecular weight excluding hydrogens is 771 g/mol. The van der Waals surface area contributed by atoms with Crippen LogP contribution in [0.2, 0.25) is 0 Å². The summed E-state index contributed by atoms with van der Waals surface area (Å²) < 4.78 is 16.9. The molecule has 0 aliphatic carbocycles. The third-order valence-corrected chi connectivity index (χ3v) is 13.0. The Morgan fingerprint density at radius 2 is 1.67 bits per heavy atom. The molecule has 61 heavy (non-hydrogen) atoms. The van der Waals surface area contributed by atoms with Crippen LogP contribution >= 0.6 is 0 Å². The fraction of sp³-hybridized carbons (Fsp3) is 0.396. The first-order valence-corrected chi connectivity index (χ1v) is 21.3. The summed E-state index contributed by atoms with van der Waals surface area (Å²) in [6.07, 6.45) is 2.68. The number of imidazole rings is 2. The van der Waals surface area contributed by atoms with Crippen LogP contribution in [0.3, 0.4) is 0 Å². The lowest BCUT2D eigenvalue weighted by Crippen LogP contribution is -2.43. The largest absolute Gasteiger partial charge is 0.488 e. The minimum absolute atomic E-state index is 0.0875. The highest BCUT2D eigenvalue weighted by atomic mass is 16.5. The fourth-order valence-electron chi connectivity index (χ4n) is 9.44. The number of aromatic amines is 2. The number of rotatable bonds is 10. The second kappa shape index (κ2) is 16.3. The van der Waals surface area contributed by atoms with Gasteiger partial charge in [0.25, 0.3) is 5.91 Å². The highest BCUT2D eigenvalue weighted by Gasteiger charge is 2.41. The monoisotopic (exact) mass is 823 g/mol. The molecule has 316 valence electrons. The zero-order chi connectivity index (χ0) is 42.5. The van der Waals surface area contributed by atoms with Crippen molar-refractivity contribution in [2.24, 2.45) is 23.7 Å². The van der Waals surface area contributed by atoms with Crippen LogP contribution in [0.25, 0.3) is 44.2 Å². The van der Waals surface area contributed by atoms with Gasteiger partial charge in [0, 0.05) is 43.0 Å². The molecule has 2 fully saturated rings. The van der Waals surface area contributed by atoms with Gasteiger partial charge in [-0.25, -0.2) is 14.8 Å². The number of nitrogens with one attached hydrogen (secondary N) is 3. The van der Waals surface area contributed by atoms with Gasteiger partial charge in [0.15, 0.2) is 0 Å². The maximum atomic E-state index is 14.1. The Hall–Kier alpha value is -6.21. The molecule has 0 bridgehead atoms. The third-order valence-electron chi connectivity index (χ3n) is 13.0. The lowest BCUT2D eigenvalue weighted by molar-refractivity contribution is -0.137. The highest BCUT2D eigenvalue weighted by molar-refractivity contribution is 6.07. The van der Waals surface area contributed by atoms with Gasteiger partial charge in [-0.1, -0.05) is 76.2 Å². The van der Waals surface area contributed by atoms with Crippen molar-refractivity contribution in [3.05, 3.63) is 102 Å². The van der Waals surface area contributed by atoms with Gasteiger partial charge >= 0.3 is 6.09 Å². The van der Waals surface area contributed by atoms with Crippen molar-refractivity contribution in [3.8, 4) is 28.1 Å². The van der Waals surface area contributed by atoms with E-state index < -0.39 is 12.1 Å². The molecule has 3 N–H and O–H groups in total. The van der Waals surface area contributed by atoms with E-state index in [1.807, 2.05) is 53.3 Å². The molecule has 0 saturated carbocycles. The standard InChI is InChI=1S/C48H53N7O6/c1-26(2)28(4)46(56)55-23-29(24-59-5)17-40(55)45-50-37-15-13-31-19-36-34-14-12-32(18-33(34)25-61-41(36)20-35(31)43(37)52-45)38-21-49-44(51-38)39-16-27(3)22-54(39)47(57)42(53-48(58)60-6)30-10-8-7-9-11-30/h7-15,18-21,26-29,39-40,42H,16-17,22-25H2,1-6H3,(H,49,51)(H,50,52)(H,53,58)/t27-,28-,29-,39-,40-,42+/m0/s1. The van der Waals surface area contributed by atoms with Crippen LogP contribution in [0.5, 0.6) is 5.75 Å². The lowest BCUT2D eigenvalue weighted by Gasteiger charge is -2.28. The van der Waals surface area contributed by atoms with Crippen LogP contribution in [0.1, 0.15) is 81.4 Å². The number of amides is 3. The Morgan fingerprint density at radius 1 is 0.885 bits per heavy atom. The maximum absolute atomic E-state index is 14.1. The number of aromatic nitrogens is 4. The molecule has 6 atom stereocenters. The number of hydrogen-bond donors (Lipinski definition) is 3. The number of alkyl carbamates (subject to hydrolysis) is 1. The van der Waals surface area contributed by atoms with Crippen molar-refractivity contribution in [1.29, 1.82) is 0 Å². The topological polar surface area (TPSA) is 155 Å². The van der Waals surface area contributed by atoms with Gasteiger partial charge in [0.05, 0.1) is 48.7 Å². The Morgan fingerprint density at radius 3 is 2.44 bits per heavy atom. The van der Waals surface area contributed by atoms with Gasteiger partial charge in [-0.15, -0.1) is 0 Å². The molecule has 3 aliphatic rings. The van der Waals surface area contributed by atoms with E-state index in [1.54, 1.807) is 7.11 Å². The van der Waals surface area contributed by atoms with E-state index in [0.29, 0.717) is 37.7 Å². The summed E-state index contributed by atoms with van der Waals surface area (Å²) in [5.74, 6) is 2.88. The number of carbonyl (C=O) groups excluding carboxylic acids is 3. The van der Waals surface area contributed by atoms with Crippen LogP contribution in [-0.4, -0.2) is 81.6 Å². The second-order valence-electron chi connectivity index (χ2n) is 17.4. The number of methoxy groups -OCH3 is 2. The molecule has 6 aromatic rings. The Balaban J connectivity index is 0.976. The van der Waals surface area contributed by atoms with E-state index in [4.69, 9.17) is 24.2 Å². The highest BCUT2D eigenvalue weighted by Crippen LogP contribution is 2.44.